The molecule has 2 nitrogen and oxygen atoms in total. The minimum atomic E-state index is -0.0883. The maximum atomic E-state index is 9.32. The van der Waals surface area contributed by atoms with Crippen molar-refractivity contribution < 1.29 is 5.11 Å². The molecule has 2 aliphatic carbocycles. The van der Waals surface area contributed by atoms with Crippen LogP contribution in [0.4, 0.5) is 0 Å². The summed E-state index contributed by atoms with van der Waals surface area (Å²) in [6, 6.07) is 2.30. The lowest BCUT2D eigenvalue weighted by atomic mass is 9.88. The lowest BCUT2D eigenvalue weighted by Gasteiger charge is -2.18. The molecule has 2 fully saturated rings. The lowest BCUT2D eigenvalue weighted by Crippen LogP contribution is -2.20. The number of aliphatic hydroxyl groups is 1. The Morgan fingerprint density at radius 3 is 2.40 bits per heavy atom. The Labute approximate surface area is 60.5 Å². The summed E-state index contributed by atoms with van der Waals surface area (Å²) in [7, 11) is 0. The fourth-order valence-corrected chi connectivity index (χ4v) is 2.40. The summed E-state index contributed by atoms with van der Waals surface area (Å²) in [6.45, 7) is 0. The van der Waals surface area contributed by atoms with Crippen LogP contribution >= 0.6 is 0 Å². The van der Waals surface area contributed by atoms with Crippen molar-refractivity contribution >= 4 is 0 Å². The highest BCUT2D eigenvalue weighted by atomic mass is 16.3. The lowest BCUT2D eigenvalue weighted by molar-refractivity contribution is 0.104. The Bertz CT molecular complexity index is 182. The largest absolute Gasteiger partial charge is 0.393 e. The summed E-state index contributed by atoms with van der Waals surface area (Å²) in [6.07, 6.45) is 2.83. The maximum absolute atomic E-state index is 9.32. The Balaban J connectivity index is 2.11. The molecular formula is C8H11NO. The van der Waals surface area contributed by atoms with E-state index in [1.807, 2.05) is 0 Å². The van der Waals surface area contributed by atoms with E-state index in [4.69, 9.17) is 5.26 Å². The number of fused-ring (bicyclic) bond motifs is 2. The van der Waals surface area contributed by atoms with Crippen molar-refractivity contribution in [1.29, 1.82) is 5.26 Å². The number of hydrogen-bond donors (Lipinski definition) is 1. The van der Waals surface area contributed by atoms with Crippen molar-refractivity contribution in [3.05, 3.63) is 0 Å². The van der Waals surface area contributed by atoms with Gasteiger partial charge in [0.05, 0.1) is 12.2 Å². The van der Waals surface area contributed by atoms with Gasteiger partial charge in [0.15, 0.2) is 0 Å². The zero-order chi connectivity index (χ0) is 7.14. The number of rotatable bonds is 0. The summed E-state index contributed by atoms with van der Waals surface area (Å²) in [5, 5.41) is 18.0. The average Bonchev–Trinajstić information content (AvgIpc) is 2.44. The van der Waals surface area contributed by atoms with Crippen LogP contribution in [0.3, 0.4) is 0 Å². The van der Waals surface area contributed by atoms with E-state index in [1.165, 1.54) is 0 Å². The highest BCUT2D eigenvalue weighted by Gasteiger charge is 2.45. The highest BCUT2D eigenvalue weighted by Crippen LogP contribution is 2.47. The smallest absolute Gasteiger partial charge is 0.0658 e. The molecule has 54 valence electrons. The second kappa shape index (κ2) is 1.96. The molecule has 0 radical (unpaired) electrons. The predicted molar refractivity (Wildman–Crippen MR) is 35.9 cm³/mol. The van der Waals surface area contributed by atoms with Crippen LogP contribution in [0.2, 0.25) is 0 Å². The number of aliphatic hydroxyl groups excluding tert-OH is 1. The van der Waals surface area contributed by atoms with Crippen LogP contribution < -0.4 is 0 Å². The third kappa shape index (κ3) is 0.674. The van der Waals surface area contributed by atoms with Gasteiger partial charge in [-0.25, -0.2) is 0 Å². The quantitative estimate of drug-likeness (QED) is 0.539. The Morgan fingerprint density at radius 2 is 2.00 bits per heavy atom. The molecule has 2 heteroatoms. The molecule has 1 N–H and O–H groups in total. The standard InChI is InChI=1S/C8H11NO/c9-4-7-2-6-1-5(7)3-8(6)10/h5-8,10H,1-3H2/t5-,6-,7+,8+/m0/s1. The van der Waals surface area contributed by atoms with E-state index in [2.05, 4.69) is 6.07 Å². The molecule has 0 saturated heterocycles. The summed E-state index contributed by atoms with van der Waals surface area (Å²) in [5.74, 6) is 1.23. The topological polar surface area (TPSA) is 44.0 Å². The van der Waals surface area contributed by atoms with E-state index in [-0.39, 0.29) is 12.0 Å². The van der Waals surface area contributed by atoms with Gasteiger partial charge >= 0.3 is 0 Å². The van der Waals surface area contributed by atoms with Gasteiger partial charge in [-0.3, -0.25) is 0 Å². The number of nitriles is 1. The van der Waals surface area contributed by atoms with E-state index in [0.717, 1.165) is 19.3 Å². The van der Waals surface area contributed by atoms with Gasteiger partial charge in [0.1, 0.15) is 0 Å². The first kappa shape index (κ1) is 6.18. The van der Waals surface area contributed by atoms with Crippen LogP contribution in [0, 0.1) is 29.1 Å². The first-order valence-corrected chi connectivity index (χ1v) is 3.89. The third-order valence-electron chi connectivity index (χ3n) is 2.99. The van der Waals surface area contributed by atoms with Crippen molar-refractivity contribution in [2.24, 2.45) is 17.8 Å². The molecule has 0 heterocycles. The van der Waals surface area contributed by atoms with Gasteiger partial charge in [-0.05, 0) is 31.1 Å². The van der Waals surface area contributed by atoms with Gasteiger partial charge in [-0.2, -0.15) is 5.26 Å². The molecule has 0 aliphatic heterocycles. The third-order valence-corrected chi connectivity index (χ3v) is 2.99. The van der Waals surface area contributed by atoms with E-state index >= 15 is 0 Å². The number of hydrogen-bond acceptors (Lipinski definition) is 2. The normalized spacial score (nSPS) is 51.2. The molecular weight excluding hydrogens is 126 g/mol. The van der Waals surface area contributed by atoms with Crippen molar-refractivity contribution in [3.63, 3.8) is 0 Å². The number of nitrogens with zero attached hydrogens (tertiary/aromatic N) is 1. The second-order valence-electron chi connectivity index (χ2n) is 3.53. The van der Waals surface area contributed by atoms with Gasteiger partial charge in [0, 0.05) is 5.92 Å². The molecule has 2 bridgehead atoms. The van der Waals surface area contributed by atoms with Crippen LogP contribution in [-0.4, -0.2) is 11.2 Å². The summed E-state index contributed by atoms with van der Waals surface area (Å²) in [5.41, 5.74) is 0. The Kier molecular flexibility index (Phi) is 1.21. The zero-order valence-corrected chi connectivity index (χ0v) is 5.83. The van der Waals surface area contributed by atoms with Gasteiger partial charge < -0.3 is 5.11 Å². The molecule has 0 unspecified atom stereocenters. The highest BCUT2D eigenvalue weighted by molar-refractivity contribution is 5.03. The van der Waals surface area contributed by atoms with E-state index in [0.29, 0.717) is 11.8 Å². The minimum Gasteiger partial charge on any atom is -0.393 e. The molecule has 4 atom stereocenters. The van der Waals surface area contributed by atoms with E-state index < -0.39 is 0 Å². The van der Waals surface area contributed by atoms with Crippen LogP contribution in [-0.2, 0) is 0 Å². The fraction of sp³-hybridized carbons (Fsp3) is 0.875. The molecule has 0 aromatic rings. The van der Waals surface area contributed by atoms with E-state index in [9.17, 15) is 5.11 Å². The Hall–Kier alpha value is -0.550. The Morgan fingerprint density at radius 1 is 1.20 bits per heavy atom. The summed E-state index contributed by atoms with van der Waals surface area (Å²) < 4.78 is 0. The van der Waals surface area contributed by atoms with Gasteiger partial charge in [-0.15, -0.1) is 0 Å². The monoisotopic (exact) mass is 137 g/mol. The zero-order valence-electron chi connectivity index (χ0n) is 5.83. The molecule has 0 aromatic carbocycles. The fourth-order valence-electron chi connectivity index (χ4n) is 2.40. The second-order valence-corrected chi connectivity index (χ2v) is 3.53. The SMILES string of the molecule is N#C[C@H]1C[C@@H]2C[C@H]1C[C@H]2O. The molecule has 0 aromatic heterocycles. The molecule has 2 rings (SSSR count). The molecule has 2 aliphatic rings. The molecule has 2 saturated carbocycles. The van der Waals surface area contributed by atoms with Crippen LogP contribution in [0.5, 0.6) is 0 Å². The first-order valence-electron chi connectivity index (χ1n) is 3.89. The average molecular weight is 137 g/mol. The maximum Gasteiger partial charge on any atom is 0.0658 e. The van der Waals surface area contributed by atoms with Crippen LogP contribution in [0.1, 0.15) is 19.3 Å². The summed E-state index contributed by atoms with van der Waals surface area (Å²) in [4.78, 5) is 0. The van der Waals surface area contributed by atoms with Gasteiger partial charge in [-0.1, -0.05) is 0 Å². The van der Waals surface area contributed by atoms with Gasteiger partial charge in [0.2, 0.25) is 0 Å². The van der Waals surface area contributed by atoms with Gasteiger partial charge in [0.25, 0.3) is 0 Å². The van der Waals surface area contributed by atoms with Crippen molar-refractivity contribution in [2.75, 3.05) is 0 Å². The minimum absolute atomic E-state index is 0.0883. The summed E-state index contributed by atoms with van der Waals surface area (Å²) >= 11 is 0. The van der Waals surface area contributed by atoms with Crippen molar-refractivity contribution in [1.82, 2.24) is 0 Å². The molecule has 0 amide bonds. The first-order chi connectivity index (χ1) is 4.81. The molecule has 0 spiro atoms. The van der Waals surface area contributed by atoms with E-state index in [1.54, 1.807) is 0 Å². The molecule has 10 heavy (non-hydrogen) atoms. The van der Waals surface area contributed by atoms with Crippen molar-refractivity contribution in [3.8, 4) is 6.07 Å². The van der Waals surface area contributed by atoms with Crippen molar-refractivity contribution in [2.45, 2.75) is 25.4 Å². The predicted octanol–water partition coefficient (Wildman–Crippen LogP) is 0.917. The van der Waals surface area contributed by atoms with Crippen LogP contribution in [0.15, 0.2) is 0 Å². The van der Waals surface area contributed by atoms with Crippen LogP contribution in [0.25, 0.3) is 0 Å².